The minimum atomic E-state index is -0.554. The van der Waals surface area contributed by atoms with Gasteiger partial charge in [0.25, 0.3) is 0 Å². The monoisotopic (exact) mass is 423 g/mol. The van der Waals surface area contributed by atoms with Gasteiger partial charge in [-0.25, -0.2) is 4.79 Å². The van der Waals surface area contributed by atoms with Gasteiger partial charge < -0.3 is 10.1 Å². The molecule has 154 valence electrons. The maximum atomic E-state index is 12.1. The number of aromatic nitrogens is 1. The van der Waals surface area contributed by atoms with Crippen LogP contribution in [-0.2, 0) is 29.1 Å². The zero-order valence-electron chi connectivity index (χ0n) is 16.5. The van der Waals surface area contributed by atoms with E-state index in [9.17, 15) is 9.59 Å². The van der Waals surface area contributed by atoms with E-state index in [1.54, 1.807) is 54.7 Å². The van der Waals surface area contributed by atoms with Gasteiger partial charge in [0.2, 0.25) is 5.91 Å². The van der Waals surface area contributed by atoms with Crippen molar-refractivity contribution in [2.75, 3.05) is 5.32 Å². The van der Waals surface area contributed by atoms with Gasteiger partial charge in [-0.05, 0) is 53.9 Å². The number of rotatable bonds is 7. The average Bonchev–Trinajstić information content (AvgIpc) is 2.74. The zero-order chi connectivity index (χ0) is 21.3. The Morgan fingerprint density at radius 3 is 2.27 bits per heavy atom. The number of amides is 2. The second kappa shape index (κ2) is 10.4. The molecule has 1 heterocycles. The normalized spacial score (nSPS) is 10.3. The largest absolute Gasteiger partial charge is 0.444 e. The first-order valence-corrected chi connectivity index (χ1v) is 9.81. The molecule has 0 saturated heterocycles. The Morgan fingerprint density at radius 2 is 1.60 bits per heavy atom. The van der Waals surface area contributed by atoms with Gasteiger partial charge in [0.1, 0.15) is 6.61 Å². The molecule has 0 aliphatic carbocycles. The van der Waals surface area contributed by atoms with Crippen molar-refractivity contribution < 1.29 is 14.3 Å². The summed E-state index contributed by atoms with van der Waals surface area (Å²) in [5.74, 6) is -0.0846. The molecule has 0 spiro atoms. The number of anilines is 1. The first-order chi connectivity index (χ1) is 14.5. The van der Waals surface area contributed by atoms with E-state index < -0.39 is 6.09 Å². The van der Waals surface area contributed by atoms with Gasteiger partial charge in [-0.15, -0.1) is 0 Å². The molecule has 2 aromatic carbocycles. The second-order valence-electron chi connectivity index (χ2n) is 6.79. The minimum Gasteiger partial charge on any atom is -0.444 e. The lowest BCUT2D eigenvalue weighted by molar-refractivity contribution is -0.120. The highest BCUT2D eigenvalue weighted by Crippen LogP contribution is 2.13. The van der Waals surface area contributed by atoms with Gasteiger partial charge in [0.15, 0.2) is 0 Å². The van der Waals surface area contributed by atoms with Gasteiger partial charge in [-0.3, -0.25) is 15.1 Å². The number of nitrogens with one attached hydrogen (secondary N) is 2. The number of nitrogens with zero attached hydrogens (tertiary/aromatic N) is 1. The molecule has 0 unspecified atom stereocenters. The average molecular weight is 424 g/mol. The number of carbonyl (C=O) groups is 2. The highest BCUT2D eigenvalue weighted by atomic mass is 35.5. The summed E-state index contributed by atoms with van der Waals surface area (Å²) >= 11 is 5.83. The molecule has 0 radical (unpaired) electrons. The third kappa shape index (κ3) is 6.90. The molecule has 30 heavy (non-hydrogen) atoms. The summed E-state index contributed by atoms with van der Waals surface area (Å²) in [6.45, 7) is 2.50. The van der Waals surface area contributed by atoms with Crippen LogP contribution in [0.15, 0.2) is 66.9 Å². The van der Waals surface area contributed by atoms with Gasteiger partial charge in [-0.2, -0.15) is 0 Å². The maximum Gasteiger partial charge on any atom is 0.411 e. The molecule has 1 aromatic heterocycles. The van der Waals surface area contributed by atoms with Gasteiger partial charge >= 0.3 is 6.09 Å². The molecular weight excluding hydrogens is 402 g/mol. The third-order valence-corrected chi connectivity index (χ3v) is 4.56. The Kier molecular flexibility index (Phi) is 7.40. The van der Waals surface area contributed by atoms with E-state index in [0.717, 1.165) is 22.4 Å². The number of aryl methyl sites for hydroxylation is 1. The summed E-state index contributed by atoms with van der Waals surface area (Å²) in [6.07, 6.45) is 1.45. The van der Waals surface area contributed by atoms with Crippen molar-refractivity contribution in [2.45, 2.75) is 26.5 Å². The minimum absolute atomic E-state index is 0.0846. The highest BCUT2D eigenvalue weighted by Gasteiger charge is 2.07. The van der Waals surface area contributed by atoms with Crippen molar-refractivity contribution in [1.29, 1.82) is 0 Å². The van der Waals surface area contributed by atoms with Gasteiger partial charge in [-0.1, -0.05) is 41.9 Å². The van der Waals surface area contributed by atoms with Crippen LogP contribution in [0.5, 0.6) is 0 Å². The number of carbonyl (C=O) groups excluding carboxylic acids is 2. The fraction of sp³-hybridized carbons (Fsp3) is 0.174. The fourth-order valence-corrected chi connectivity index (χ4v) is 2.77. The molecule has 2 amide bonds. The quantitative estimate of drug-likeness (QED) is 0.579. The van der Waals surface area contributed by atoms with Crippen molar-refractivity contribution in [1.82, 2.24) is 10.3 Å². The highest BCUT2D eigenvalue weighted by molar-refractivity contribution is 6.30. The summed E-state index contributed by atoms with van der Waals surface area (Å²) in [7, 11) is 0. The first-order valence-electron chi connectivity index (χ1n) is 9.43. The van der Waals surface area contributed by atoms with Crippen LogP contribution in [0.4, 0.5) is 10.5 Å². The molecular formula is C23H22ClN3O3. The van der Waals surface area contributed by atoms with Crippen molar-refractivity contribution in [3.8, 4) is 0 Å². The summed E-state index contributed by atoms with van der Waals surface area (Å²) in [5.41, 5.74) is 4.16. The smallest absolute Gasteiger partial charge is 0.411 e. The third-order valence-electron chi connectivity index (χ3n) is 4.31. The summed E-state index contributed by atoms with van der Waals surface area (Å²) in [6, 6.07) is 18.0. The van der Waals surface area contributed by atoms with Crippen LogP contribution in [0.2, 0.25) is 5.02 Å². The fourth-order valence-electron chi connectivity index (χ4n) is 2.64. The molecule has 0 saturated carbocycles. The number of hydrogen-bond acceptors (Lipinski definition) is 4. The Hall–Kier alpha value is -3.38. The Morgan fingerprint density at radius 1 is 0.933 bits per heavy atom. The van der Waals surface area contributed by atoms with E-state index >= 15 is 0 Å². The standard InChI is InChI=1S/C23H22ClN3O3/c1-16-2-3-19(13-25-16)14-26-22(28)12-17-6-10-21(11-7-17)27-23(29)30-15-18-4-8-20(24)9-5-18/h2-11,13H,12,14-15H2,1H3,(H,26,28)(H,27,29). The van der Waals surface area contributed by atoms with Crippen molar-refractivity contribution in [3.63, 3.8) is 0 Å². The molecule has 0 aliphatic rings. The zero-order valence-corrected chi connectivity index (χ0v) is 17.3. The topological polar surface area (TPSA) is 80.3 Å². The van der Waals surface area contributed by atoms with Crippen molar-refractivity contribution >= 4 is 29.3 Å². The molecule has 7 heteroatoms. The number of pyridine rings is 1. The summed E-state index contributed by atoms with van der Waals surface area (Å²) in [5, 5.41) is 6.16. The van der Waals surface area contributed by atoms with E-state index in [-0.39, 0.29) is 18.9 Å². The van der Waals surface area contributed by atoms with Crippen LogP contribution in [0.1, 0.15) is 22.4 Å². The number of halogens is 1. The van der Waals surface area contributed by atoms with Crippen LogP contribution in [0.25, 0.3) is 0 Å². The van der Waals surface area contributed by atoms with Crippen LogP contribution >= 0.6 is 11.6 Å². The molecule has 6 nitrogen and oxygen atoms in total. The Balaban J connectivity index is 1.42. The second-order valence-corrected chi connectivity index (χ2v) is 7.22. The molecule has 0 bridgehead atoms. The lowest BCUT2D eigenvalue weighted by Crippen LogP contribution is -2.24. The number of ether oxygens (including phenoxy) is 1. The Bertz CT molecular complexity index is 905. The van der Waals surface area contributed by atoms with E-state index in [2.05, 4.69) is 15.6 Å². The van der Waals surface area contributed by atoms with Gasteiger partial charge in [0.05, 0.1) is 6.42 Å². The van der Waals surface area contributed by atoms with Crippen molar-refractivity contribution in [2.24, 2.45) is 0 Å². The first kappa shape index (κ1) is 21.3. The van der Waals surface area contributed by atoms with Crippen LogP contribution in [-0.4, -0.2) is 17.0 Å². The van der Waals surface area contributed by atoms with E-state index in [0.29, 0.717) is 17.3 Å². The lowest BCUT2D eigenvalue weighted by Gasteiger charge is -2.09. The predicted molar refractivity (Wildman–Crippen MR) is 116 cm³/mol. The van der Waals surface area contributed by atoms with E-state index in [1.165, 1.54) is 0 Å². The van der Waals surface area contributed by atoms with Crippen LogP contribution in [0, 0.1) is 6.92 Å². The van der Waals surface area contributed by atoms with E-state index in [4.69, 9.17) is 16.3 Å². The number of benzene rings is 2. The number of hydrogen-bond donors (Lipinski definition) is 2. The molecule has 3 aromatic rings. The predicted octanol–water partition coefficient (Wildman–Crippen LogP) is 4.65. The molecule has 3 rings (SSSR count). The van der Waals surface area contributed by atoms with E-state index in [1.807, 2.05) is 19.1 Å². The summed E-state index contributed by atoms with van der Waals surface area (Å²) in [4.78, 5) is 28.3. The lowest BCUT2D eigenvalue weighted by atomic mass is 10.1. The molecule has 0 fully saturated rings. The molecule has 2 N–H and O–H groups in total. The molecule has 0 atom stereocenters. The van der Waals surface area contributed by atoms with Crippen LogP contribution in [0.3, 0.4) is 0 Å². The maximum absolute atomic E-state index is 12.1. The van der Waals surface area contributed by atoms with Crippen molar-refractivity contribution in [3.05, 3.63) is 94.3 Å². The van der Waals surface area contributed by atoms with Crippen LogP contribution < -0.4 is 10.6 Å². The Labute approximate surface area is 180 Å². The SMILES string of the molecule is Cc1ccc(CNC(=O)Cc2ccc(NC(=O)OCc3ccc(Cl)cc3)cc2)cn1. The van der Waals surface area contributed by atoms with Gasteiger partial charge in [0, 0.05) is 29.1 Å². The molecule has 0 aliphatic heterocycles. The summed E-state index contributed by atoms with van der Waals surface area (Å²) < 4.78 is 5.19.